The number of halogens is 1. The Morgan fingerprint density at radius 3 is 2.72 bits per heavy atom. The Bertz CT molecular complexity index is 1190. The van der Waals surface area contributed by atoms with E-state index in [-0.39, 0.29) is 16.9 Å². The van der Waals surface area contributed by atoms with Gasteiger partial charge in [-0.1, -0.05) is 6.42 Å². The normalized spacial score (nSPS) is 13.2. The van der Waals surface area contributed by atoms with Crippen molar-refractivity contribution in [2.24, 2.45) is 0 Å². The Morgan fingerprint density at radius 2 is 1.97 bits per heavy atom. The van der Waals surface area contributed by atoms with Crippen molar-refractivity contribution < 1.29 is 14.1 Å². The highest BCUT2D eigenvalue weighted by atomic mass is 19.1. The van der Waals surface area contributed by atoms with Gasteiger partial charge in [0.1, 0.15) is 11.6 Å². The van der Waals surface area contributed by atoms with Crippen LogP contribution in [0.3, 0.4) is 0 Å². The number of amides is 1. The van der Waals surface area contributed by atoms with Crippen LogP contribution >= 0.6 is 0 Å². The molecule has 1 aliphatic rings. The highest BCUT2D eigenvalue weighted by molar-refractivity contribution is 6.08. The lowest BCUT2D eigenvalue weighted by Gasteiger charge is -2.17. The monoisotopic (exact) mass is 438 g/mol. The molecule has 32 heavy (non-hydrogen) atoms. The third-order valence-corrected chi connectivity index (χ3v) is 5.50. The zero-order chi connectivity index (χ0) is 22.8. The molecule has 2 heterocycles. The quantitative estimate of drug-likeness (QED) is 0.476. The molecular formula is C22H23FN6O3. The zero-order valence-electron chi connectivity index (χ0n) is 17.8. The smallest absolute Gasteiger partial charge is 0.270 e. The summed E-state index contributed by atoms with van der Waals surface area (Å²) in [6.07, 6.45) is 4.03. The number of rotatable bonds is 5. The summed E-state index contributed by atoms with van der Waals surface area (Å²) < 4.78 is 16.6. The maximum atomic E-state index is 14.6. The topological polar surface area (TPSA) is 106 Å². The van der Waals surface area contributed by atoms with Crippen LogP contribution in [0.2, 0.25) is 0 Å². The number of non-ortho nitro benzene ring substituents is 1. The van der Waals surface area contributed by atoms with Crippen LogP contribution in [-0.4, -0.2) is 39.7 Å². The molecule has 0 saturated heterocycles. The van der Waals surface area contributed by atoms with Gasteiger partial charge < -0.3 is 14.8 Å². The number of anilines is 2. The van der Waals surface area contributed by atoms with Crippen LogP contribution in [0.25, 0.3) is 11.4 Å². The van der Waals surface area contributed by atoms with Crippen LogP contribution in [0.5, 0.6) is 0 Å². The van der Waals surface area contributed by atoms with E-state index in [0.29, 0.717) is 17.1 Å². The molecule has 1 N–H and O–H groups in total. The van der Waals surface area contributed by atoms with E-state index in [4.69, 9.17) is 0 Å². The largest absolute Gasteiger partial charge is 0.377 e. The summed E-state index contributed by atoms with van der Waals surface area (Å²) in [6, 6.07) is 8.39. The van der Waals surface area contributed by atoms with Crippen LogP contribution < -0.4 is 10.2 Å². The molecule has 2 aromatic carbocycles. The minimum atomic E-state index is -0.645. The molecule has 0 unspecified atom stereocenters. The molecule has 3 aromatic rings. The van der Waals surface area contributed by atoms with Crippen LogP contribution in [0, 0.1) is 15.9 Å². The summed E-state index contributed by atoms with van der Waals surface area (Å²) in [5, 5.41) is 22.3. The second-order valence-electron chi connectivity index (χ2n) is 7.90. The molecule has 0 saturated carbocycles. The summed E-state index contributed by atoms with van der Waals surface area (Å²) in [6.45, 7) is 0.788. The van der Waals surface area contributed by atoms with E-state index in [9.17, 15) is 19.3 Å². The maximum absolute atomic E-state index is 14.6. The molecular weight excluding hydrogens is 415 g/mol. The van der Waals surface area contributed by atoms with Gasteiger partial charge in [0.05, 0.1) is 16.2 Å². The molecule has 1 amide bonds. The van der Waals surface area contributed by atoms with Crippen molar-refractivity contribution in [2.45, 2.75) is 32.2 Å². The second kappa shape index (κ2) is 8.74. The number of nitrogens with one attached hydrogen (secondary N) is 1. The van der Waals surface area contributed by atoms with Gasteiger partial charge in [0.2, 0.25) is 0 Å². The molecule has 1 aromatic heterocycles. The van der Waals surface area contributed by atoms with E-state index in [1.54, 1.807) is 25.1 Å². The van der Waals surface area contributed by atoms with Crippen molar-refractivity contribution in [3.05, 3.63) is 63.7 Å². The zero-order valence-corrected chi connectivity index (χ0v) is 17.8. The number of aryl methyl sites for hydroxylation is 1. The number of nitro benzene ring substituents is 1. The number of benzene rings is 2. The summed E-state index contributed by atoms with van der Waals surface area (Å²) in [5.41, 5.74) is 0.933. The number of nitrogens with zero attached hydrogens (tertiary/aromatic N) is 5. The average Bonchev–Trinajstić information content (AvgIpc) is 3.02. The molecule has 4 rings (SSSR count). The van der Waals surface area contributed by atoms with Gasteiger partial charge in [-0.2, -0.15) is 0 Å². The highest BCUT2D eigenvalue weighted by Crippen LogP contribution is 2.29. The Labute approximate surface area is 184 Å². The van der Waals surface area contributed by atoms with E-state index in [1.165, 1.54) is 30.3 Å². The number of hydrogen-bond acceptors (Lipinski definition) is 6. The lowest BCUT2D eigenvalue weighted by Crippen LogP contribution is -2.19. The molecule has 0 atom stereocenters. The average molecular weight is 438 g/mol. The third kappa shape index (κ3) is 4.16. The molecule has 0 spiro atoms. The van der Waals surface area contributed by atoms with Gasteiger partial charge in [-0.3, -0.25) is 14.9 Å². The maximum Gasteiger partial charge on any atom is 0.270 e. The first-order valence-electron chi connectivity index (χ1n) is 10.3. The standard InChI is InChI=1S/C22H23FN6O3/c1-27(2)19-10-8-15(29(31)32)13-16(19)22(30)24-18-12-14(7-9-17(18)23)21-26-25-20-6-4-3-5-11-28(20)21/h7-10,12-13H,3-6,11H2,1-2H3,(H,24,30). The molecule has 10 heteroatoms. The molecule has 166 valence electrons. The third-order valence-electron chi connectivity index (χ3n) is 5.50. The van der Waals surface area contributed by atoms with Crippen molar-refractivity contribution >= 4 is 23.0 Å². The van der Waals surface area contributed by atoms with E-state index in [1.807, 2.05) is 4.57 Å². The summed E-state index contributed by atoms with van der Waals surface area (Å²) >= 11 is 0. The van der Waals surface area contributed by atoms with E-state index >= 15 is 0 Å². The SMILES string of the molecule is CN(C)c1ccc([N+](=O)[O-])cc1C(=O)Nc1cc(-c2nnc3n2CCCCC3)ccc1F. The highest BCUT2D eigenvalue weighted by Gasteiger charge is 2.21. The van der Waals surface area contributed by atoms with Gasteiger partial charge in [0.25, 0.3) is 11.6 Å². The van der Waals surface area contributed by atoms with Crippen LogP contribution in [0.15, 0.2) is 36.4 Å². The Hall–Kier alpha value is -3.82. The fraction of sp³-hybridized carbons (Fsp3) is 0.318. The number of carbonyl (C=O) groups excluding carboxylic acids is 1. The lowest BCUT2D eigenvalue weighted by molar-refractivity contribution is -0.384. The van der Waals surface area contributed by atoms with E-state index in [2.05, 4.69) is 15.5 Å². The van der Waals surface area contributed by atoms with Gasteiger partial charge in [0.15, 0.2) is 5.82 Å². The first-order valence-corrected chi connectivity index (χ1v) is 10.3. The molecule has 9 nitrogen and oxygen atoms in total. The summed E-state index contributed by atoms with van der Waals surface area (Å²) in [5.74, 6) is 0.268. The number of nitro groups is 1. The van der Waals surface area contributed by atoms with Gasteiger partial charge in [-0.05, 0) is 37.1 Å². The predicted octanol–water partition coefficient (Wildman–Crippen LogP) is 4.04. The Kier molecular flexibility index (Phi) is 5.85. The van der Waals surface area contributed by atoms with Crippen LogP contribution in [0.1, 0.15) is 35.4 Å². The van der Waals surface area contributed by atoms with Gasteiger partial charge >= 0.3 is 0 Å². The summed E-state index contributed by atoms with van der Waals surface area (Å²) in [7, 11) is 3.44. The van der Waals surface area contributed by atoms with Crippen LogP contribution in [0.4, 0.5) is 21.5 Å². The number of carbonyl (C=O) groups is 1. The van der Waals surface area contributed by atoms with Crippen molar-refractivity contribution in [1.29, 1.82) is 0 Å². The summed E-state index contributed by atoms with van der Waals surface area (Å²) in [4.78, 5) is 25.2. The number of fused-ring (bicyclic) bond motifs is 1. The van der Waals surface area contributed by atoms with Gasteiger partial charge in [-0.25, -0.2) is 4.39 Å². The Morgan fingerprint density at radius 1 is 1.16 bits per heavy atom. The van der Waals surface area contributed by atoms with Gasteiger partial charge in [-0.15, -0.1) is 10.2 Å². The fourth-order valence-electron chi connectivity index (χ4n) is 3.86. The number of aromatic nitrogens is 3. The lowest BCUT2D eigenvalue weighted by atomic mass is 10.1. The minimum Gasteiger partial charge on any atom is -0.377 e. The molecule has 0 fully saturated rings. The number of hydrogen-bond donors (Lipinski definition) is 1. The minimum absolute atomic E-state index is 0.0327. The molecule has 0 radical (unpaired) electrons. The first-order chi connectivity index (χ1) is 15.3. The van der Waals surface area contributed by atoms with Crippen molar-refractivity contribution in [1.82, 2.24) is 14.8 Å². The van der Waals surface area contributed by atoms with Gasteiger partial charge in [0, 0.05) is 50.4 Å². The fourth-order valence-corrected chi connectivity index (χ4v) is 3.86. The first kappa shape index (κ1) is 21.4. The van der Waals surface area contributed by atoms with Crippen molar-refractivity contribution in [3.8, 4) is 11.4 Å². The molecule has 1 aliphatic heterocycles. The predicted molar refractivity (Wildman–Crippen MR) is 118 cm³/mol. The van der Waals surface area contributed by atoms with E-state index in [0.717, 1.165) is 38.1 Å². The van der Waals surface area contributed by atoms with Crippen molar-refractivity contribution in [2.75, 3.05) is 24.3 Å². The second-order valence-corrected chi connectivity index (χ2v) is 7.90. The van der Waals surface area contributed by atoms with Crippen molar-refractivity contribution in [3.63, 3.8) is 0 Å². The van der Waals surface area contributed by atoms with Crippen LogP contribution in [-0.2, 0) is 13.0 Å². The Balaban J connectivity index is 1.68. The molecule has 0 aliphatic carbocycles. The molecule has 0 bridgehead atoms. The van der Waals surface area contributed by atoms with E-state index < -0.39 is 16.6 Å².